The Morgan fingerprint density at radius 1 is 1.12 bits per heavy atom. The molecule has 186 valence electrons. The quantitative estimate of drug-likeness (QED) is 0.507. The van der Waals surface area contributed by atoms with Gasteiger partial charge in [-0.25, -0.2) is 17.2 Å². The van der Waals surface area contributed by atoms with Gasteiger partial charge in [-0.3, -0.25) is 14.4 Å². The molecule has 0 saturated carbocycles. The second-order valence-electron chi connectivity index (χ2n) is 8.83. The SMILES string of the molecule is CCCCc1ccc(NS(=O)(=O)c2cc(C(=O)NC3CCN(CC(F)F)CC3)ccc2C)cc1. The summed E-state index contributed by atoms with van der Waals surface area (Å²) in [6, 6.07) is 11.8. The number of unbranched alkanes of at least 4 members (excludes halogenated alkanes) is 1. The van der Waals surface area contributed by atoms with Gasteiger partial charge in [0.15, 0.2) is 0 Å². The Balaban J connectivity index is 1.66. The lowest BCUT2D eigenvalue weighted by Gasteiger charge is -2.32. The highest BCUT2D eigenvalue weighted by atomic mass is 32.2. The van der Waals surface area contributed by atoms with E-state index in [1.54, 1.807) is 36.1 Å². The van der Waals surface area contributed by atoms with E-state index in [2.05, 4.69) is 17.0 Å². The minimum atomic E-state index is -3.89. The molecule has 1 aliphatic rings. The summed E-state index contributed by atoms with van der Waals surface area (Å²) in [5.41, 5.74) is 2.39. The van der Waals surface area contributed by atoms with Crippen LogP contribution in [0, 0.1) is 6.92 Å². The highest BCUT2D eigenvalue weighted by Gasteiger charge is 2.24. The van der Waals surface area contributed by atoms with Crippen molar-refractivity contribution in [2.24, 2.45) is 0 Å². The molecular formula is C25H33F2N3O3S. The third kappa shape index (κ3) is 7.24. The average Bonchev–Trinajstić information content (AvgIpc) is 2.79. The van der Waals surface area contributed by atoms with Crippen molar-refractivity contribution in [2.45, 2.75) is 63.3 Å². The number of carbonyl (C=O) groups is 1. The molecule has 1 heterocycles. The van der Waals surface area contributed by atoms with Crippen LogP contribution in [-0.4, -0.2) is 51.3 Å². The molecule has 2 aromatic rings. The van der Waals surface area contributed by atoms with E-state index in [4.69, 9.17) is 0 Å². The van der Waals surface area contributed by atoms with Crippen molar-refractivity contribution in [1.82, 2.24) is 10.2 Å². The largest absolute Gasteiger partial charge is 0.349 e. The summed E-state index contributed by atoms with van der Waals surface area (Å²) in [6.45, 7) is 4.53. The fourth-order valence-corrected chi connectivity index (χ4v) is 5.42. The van der Waals surface area contributed by atoms with Crippen LogP contribution in [0.5, 0.6) is 0 Å². The number of amides is 1. The van der Waals surface area contributed by atoms with Gasteiger partial charge in [0.05, 0.1) is 11.4 Å². The molecule has 0 aromatic heterocycles. The minimum Gasteiger partial charge on any atom is -0.349 e. The molecule has 9 heteroatoms. The molecule has 0 spiro atoms. The number of aryl methyl sites for hydroxylation is 2. The molecule has 1 amide bonds. The smallest absolute Gasteiger partial charge is 0.262 e. The maximum Gasteiger partial charge on any atom is 0.262 e. The van der Waals surface area contributed by atoms with Crippen LogP contribution in [-0.2, 0) is 16.4 Å². The van der Waals surface area contributed by atoms with Gasteiger partial charge >= 0.3 is 0 Å². The topological polar surface area (TPSA) is 78.5 Å². The molecule has 0 atom stereocenters. The van der Waals surface area contributed by atoms with Crippen LogP contribution in [0.4, 0.5) is 14.5 Å². The number of sulfonamides is 1. The molecule has 0 aliphatic carbocycles. The van der Waals surface area contributed by atoms with Crippen LogP contribution in [0.2, 0.25) is 0 Å². The van der Waals surface area contributed by atoms with Crippen molar-refractivity contribution in [2.75, 3.05) is 24.4 Å². The summed E-state index contributed by atoms with van der Waals surface area (Å²) < 4.78 is 53.8. The third-order valence-electron chi connectivity index (χ3n) is 6.08. The fraction of sp³-hybridized carbons (Fsp3) is 0.480. The van der Waals surface area contributed by atoms with E-state index in [0.717, 1.165) is 24.8 Å². The van der Waals surface area contributed by atoms with Crippen LogP contribution >= 0.6 is 0 Å². The number of nitrogens with zero attached hydrogens (tertiary/aromatic N) is 1. The zero-order valence-electron chi connectivity index (χ0n) is 19.7. The molecule has 6 nitrogen and oxygen atoms in total. The Labute approximate surface area is 200 Å². The highest BCUT2D eigenvalue weighted by Crippen LogP contribution is 2.22. The lowest BCUT2D eigenvalue weighted by Crippen LogP contribution is -2.45. The van der Waals surface area contributed by atoms with Crippen LogP contribution in [0.1, 0.15) is 54.1 Å². The van der Waals surface area contributed by atoms with Crippen molar-refractivity contribution < 1.29 is 22.0 Å². The van der Waals surface area contributed by atoms with Gasteiger partial charge < -0.3 is 5.32 Å². The summed E-state index contributed by atoms with van der Waals surface area (Å²) in [6.07, 6.45) is 1.90. The second-order valence-corrected chi connectivity index (χ2v) is 10.5. The van der Waals surface area contributed by atoms with Crippen molar-refractivity contribution >= 4 is 21.6 Å². The molecule has 1 fully saturated rings. The number of anilines is 1. The number of carbonyl (C=O) groups excluding carboxylic acids is 1. The lowest BCUT2D eigenvalue weighted by molar-refractivity contribution is 0.0696. The Bertz CT molecular complexity index is 1070. The van der Waals surface area contributed by atoms with Crippen molar-refractivity contribution in [3.05, 3.63) is 59.2 Å². The standard InChI is InChI=1S/C25H33F2N3O3S/c1-3-4-5-19-7-10-22(11-8-19)29-34(32,33)23-16-20(9-6-18(23)2)25(31)28-21-12-14-30(15-13-21)17-24(26)27/h6-11,16,21,24,29H,3-5,12-15,17H2,1-2H3,(H,28,31). The van der Waals surface area contributed by atoms with Crippen LogP contribution < -0.4 is 10.0 Å². The zero-order chi connectivity index (χ0) is 24.7. The predicted octanol–water partition coefficient (Wildman–Crippen LogP) is 4.60. The van der Waals surface area contributed by atoms with E-state index < -0.39 is 16.4 Å². The summed E-state index contributed by atoms with van der Waals surface area (Å²) >= 11 is 0. The first kappa shape index (κ1) is 26.1. The van der Waals surface area contributed by atoms with E-state index >= 15 is 0 Å². The molecule has 2 aromatic carbocycles. The maximum absolute atomic E-state index is 13.1. The fourth-order valence-electron chi connectivity index (χ4n) is 4.09. The van der Waals surface area contributed by atoms with Gasteiger partial charge in [-0.1, -0.05) is 31.5 Å². The second kappa shape index (κ2) is 11.8. The number of benzene rings is 2. The molecule has 0 bridgehead atoms. The molecule has 3 rings (SSSR count). The lowest BCUT2D eigenvalue weighted by atomic mass is 10.0. The first-order valence-corrected chi connectivity index (χ1v) is 13.2. The molecule has 0 unspecified atom stereocenters. The van der Waals surface area contributed by atoms with E-state index in [-0.39, 0.29) is 29.0 Å². The van der Waals surface area contributed by atoms with E-state index in [1.165, 1.54) is 6.07 Å². The van der Waals surface area contributed by atoms with Gasteiger partial charge in [0.1, 0.15) is 0 Å². The third-order valence-corrected chi connectivity index (χ3v) is 7.61. The van der Waals surface area contributed by atoms with Gasteiger partial charge in [0.2, 0.25) is 0 Å². The van der Waals surface area contributed by atoms with Gasteiger partial charge in [0, 0.05) is 30.4 Å². The Morgan fingerprint density at radius 3 is 2.41 bits per heavy atom. The van der Waals surface area contributed by atoms with E-state index in [0.29, 0.717) is 37.2 Å². The number of rotatable bonds is 10. The van der Waals surface area contributed by atoms with Crippen LogP contribution in [0.15, 0.2) is 47.4 Å². The molecule has 34 heavy (non-hydrogen) atoms. The Kier molecular flexibility index (Phi) is 9.02. The van der Waals surface area contributed by atoms with E-state index in [9.17, 15) is 22.0 Å². The molecule has 1 aliphatic heterocycles. The summed E-state index contributed by atoms with van der Waals surface area (Å²) in [5.74, 6) is -0.371. The maximum atomic E-state index is 13.1. The average molecular weight is 494 g/mol. The van der Waals surface area contributed by atoms with Gasteiger partial charge in [0.25, 0.3) is 22.4 Å². The van der Waals surface area contributed by atoms with E-state index in [1.807, 2.05) is 12.1 Å². The first-order chi connectivity index (χ1) is 16.2. The summed E-state index contributed by atoms with van der Waals surface area (Å²) in [4.78, 5) is 14.5. The number of likely N-dealkylation sites (tertiary alicyclic amines) is 1. The molecule has 0 radical (unpaired) electrons. The zero-order valence-corrected chi connectivity index (χ0v) is 20.5. The minimum absolute atomic E-state index is 0.0435. The Hall–Kier alpha value is -2.52. The monoisotopic (exact) mass is 493 g/mol. The first-order valence-electron chi connectivity index (χ1n) is 11.7. The number of alkyl halides is 2. The number of halogens is 2. The van der Waals surface area contributed by atoms with Crippen LogP contribution in [0.25, 0.3) is 0 Å². The predicted molar refractivity (Wildman–Crippen MR) is 130 cm³/mol. The van der Waals surface area contributed by atoms with Crippen molar-refractivity contribution in [3.8, 4) is 0 Å². The highest BCUT2D eigenvalue weighted by molar-refractivity contribution is 7.92. The normalized spacial score (nSPS) is 15.4. The van der Waals surface area contributed by atoms with Gasteiger partial charge in [-0.15, -0.1) is 0 Å². The molecule has 2 N–H and O–H groups in total. The Morgan fingerprint density at radius 2 is 1.79 bits per heavy atom. The number of piperidine rings is 1. The van der Waals surface area contributed by atoms with Gasteiger partial charge in [-0.2, -0.15) is 0 Å². The van der Waals surface area contributed by atoms with Crippen molar-refractivity contribution in [3.63, 3.8) is 0 Å². The number of nitrogens with one attached hydrogen (secondary N) is 2. The number of hydrogen-bond donors (Lipinski definition) is 2. The molecule has 1 saturated heterocycles. The van der Waals surface area contributed by atoms with Crippen LogP contribution in [0.3, 0.4) is 0 Å². The number of hydrogen-bond acceptors (Lipinski definition) is 4. The molecular weight excluding hydrogens is 460 g/mol. The van der Waals surface area contributed by atoms with Crippen molar-refractivity contribution in [1.29, 1.82) is 0 Å². The summed E-state index contributed by atoms with van der Waals surface area (Å²) in [5, 5.41) is 2.91. The van der Waals surface area contributed by atoms with Gasteiger partial charge in [-0.05, 0) is 68.0 Å². The summed E-state index contributed by atoms with van der Waals surface area (Å²) in [7, 11) is -3.89.